The van der Waals surface area contributed by atoms with Gasteiger partial charge in [-0.15, -0.1) is 0 Å². The summed E-state index contributed by atoms with van der Waals surface area (Å²) in [6.07, 6.45) is 1.32. The van der Waals surface area contributed by atoms with Gasteiger partial charge in [0.1, 0.15) is 11.5 Å². The number of hydrazone groups is 1. The fraction of sp³-hybridized carbons (Fsp3) is 0.100. The number of benzene rings is 2. The average molecular weight is 408 g/mol. The maximum Gasteiger partial charge on any atom is 0.280 e. The third-order valence-electron chi connectivity index (χ3n) is 4.20. The lowest BCUT2D eigenvalue weighted by molar-refractivity contribution is -0.384. The molecule has 0 saturated heterocycles. The second-order valence-electron chi connectivity index (χ2n) is 6.19. The van der Waals surface area contributed by atoms with Gasteiger partial charge in [-0.3, -0.25) is 14.9 Å². The van der Waals surface area contributed by atoms with Gasteiger partial charge in [-0.05, 0) is 30.3 Å². The molecule has 0 saturated carbocycles. The van der Waals surface area contributed by atoms with Crippen molar-refractivity contribution in [2.45, 2.75) is 0 Å². The Morgan fingerprint density at radius 1 is 1.13 bits per heavy atom. The van der Waals surface area contributed by atoms with Gasteiger partial charge in [0.2, 0.25) is 6.79 Å². The Kier molecular flexibility index (Phi) is 5.29. The molecule has 0 spiro atoms. The van der Waals surface area contributed by atoms with Gasteiger partial charge in [-0.1, -0.05) is 12.1 Å². The number of nitrogens with zero attached hydrogens (tertiary/aromatic N) is 2. The smallest absolute Gasteiger partial charge is 0.280 e. The molecule has 2 aromatic carbocycles. The Hall–Kier alpha value is -4.34. The van der Waals surface area contributed by atoms with Crippen LogP contribution >= 0.6 is 0 Å². The molecule has 0 fully saturated rings. The third-order valence-corrected chi connectivity index (χ3v) is 4.20. The van der Waals surface area contributed by atoms with Crippen LogP contribution in [0.15, 0.2) is 64.1 Å². The van der Waals surface area contributed by atoms with Crippen molar-refractivity contribution in [2.24, 2.45) is 5.10 Å². The summed E-state index contributed by atoms with van der Waals surface area (Å²) in [5.74, 6) is 1.58. The van der Waals surface area contributed by atoms with Crippen LogP contribution in [0.3, 0.4) is 0 Å². The van der Waals surface area contributed by atoms with Crippen molar-refractivity contribution in [3.63, 3.8) is 0 Å². The zero-order chi connectivity index (χ0) is 20.9. The van der Waals surface area contributed by atoms with E-state index >= 15 is 0 Å². The number of nitro benzene ring substituents is 1. The van der Waals surface area contributed by atoms with Crippen LogP contribution in [-0.4, -0.2) is 30.4 Å². The van der Waals surface area contributed by atoms with Crippen LogP contribution in [0.25, 0.3) is 11.3 Å². The number of ether oxygens (including phenoxy) is 2. The predicted octanol–water partition coefficient (Wildman–Crippen LogP) is 3.15. The number of rotatable bonds is 7. The number of carbonyl (C=O) groups excluding carboxylic acids is 1. The highest BCUT2D eigenvalue weighted by Gasteiger charge is 2.17. The number of nitro groups is 1. The van der Waals surface area contributed by atoms with Gasteiger partial charge < -0.3 is 19.2 Å². The average Bonchev–Trinajstić information content (AvgIpc) is 3.41. The summed E-state index contributed by atoms with van der Waals surface area (Å²) in [5.41, 5.74) is 3.39. The highest BCUT2D eigenvalue weighted by Crippen LogP contribution is 2.34. The number of carbonyl (C=O) groups is 1. The van der Waals surface area contributed by atoms with E-state index < -0.39 is 4.92 Å². The molecular weight excluding hydrogens is 392 g/mol. The molecule has 3 aromatic rings. The van der Waals surface area contributed by atoms with E-state index in [4.69, 9.17) is 13.9 Å². The van der Waals surface area contributed by atoms with Crippen molar-refractivity contribution in [3.8, 4) is 22.8 Å². The highest BCUT2D eigenvalue weighted by atomic mass is 16.7. The van der Waals surface area contributed by atoms with E-state index in [2.05, 4.69) is 15.8 Å². The number of hydrogen-bond acceptors (Lipinski definition) is 8. The van der Waals surface area contributed by atoms with Crippen molar-refractivity contribution in [2.75, 3.05) is 18.7 Å². The van der Waals surface area contributed by atoms with E-state index in [0.717, 1.165) is 0 Å². The number of fused-ring (bicyclic) bond motifs is 1. The fourth-order valence-corrected chi connectivity index (χ4v) is 2.80. The first-order chi connectivity index (χ1) is 14.6. The number of hydrogen-bond donors (Lipinski definition) is 2. The van der Waals surface area contributed by atoms with Gasteiger partial charge in [-0.2, -0.15) is 5.10 Å². The zero-order valence-corrected chi connectivity index (χ0v) is 15.5. The highest BCUT2D eigenvalue weighted by molar-refractivity contribution is 5.83. The summed E-state index contributed by atoms with van der Waals surface area (Å²) in [4.78, 5) is 22.6. The molecule has 0 aliphatic carbocycles. The molecule has 0 radical (unpaired) electrons. The molecule has 4 rings (SSSR count). The number of nitrogens with one attached hydrogen (secondary N) is 2. The van der Waals surface area contributed by atoms with Gasteiger partial charge in [0.05, 0.1) is 23.2 Å². The van der Waals surface area contributed by atoms with Crippen LogP contribution in [0, 0.1) is 10.1 Å². The van der Waals surface area contributed by atoms with Gasteiger partial charge >= 0.3 is 0 Å². The summed E-state index contributed by atoms with van der Waals surface area (Å²) in [6.45, 7) is 0.177. The molecule has 1 aliphatic rings. The van der Waals surface area contributed by atoms with Crippen molar-refractivity contribution >= 4 is 23.5 Å². The van der Waals surface area contributed by atoms with E-state index in [0.29, 0.717) is 34.3 Å². The van der Waals surface area contributed by atoms with Crippen molar-refractivity contribution in [3.05, 3.63) is 70.5 Å². The van der Waals surface area contributed by atoms with E-state index in [1.54, 1.807) is 48.5 Å². The molecule has 0 bridgehead atoms. The molecule has 10 nitrogen and oxygen atoms in total. The molecule has 1 aliphatic heterocycles. The van der Waals surface area contributed by atoms with Crippen LogP contribution < -0.4 is 20.2 Å². The number of para-hydroxylation sites is 1. The van der Waals surface area contributed by atoms with Crippen LogP contribution in [-0.2, 0) is 4.79 Å². The summed E-state index contributed by atoms with van der Waals surface area (Å²) in [5, 5.41) is 17.9. The first kappa shape index (κ1) is 19.0. The Bertz CT molecular complexity index is 1120. The van der Waals surface area contributed by atoms with Gasteiger partial charge in [0.15, 0.2) is 11.5 Å². The summed E-state index contributed by atoms with van der Waals surface area (Å²) in [7, 11) is 0. The quantitative estimate of drug-likeness (QED) is 0.349. The minimum absolute atomic E-state index is 0.00337. The summed E-state index contributed by atoms with van der Waals surface area (Å²) >= 11 is 0. The molecule has 0 atom stereocenters. The van der Waals surface area contributed by atoms with E-state index in [1.807, 2.05) is 0 Å². The van der Waals surface area contributed by atoms with Crippen LogP contribution in [0.5, 0.6) is 11.5 Å². The topological polar surface area (TPSA) is 128 Å². The number of furan rings is 1. The first-order valence-electron chi connectivity index (χ1n) is 8.89. The maximum absolute atomic E-state index is 11.9. The monoisotopic (exact) mass is 408 g/mol. The Morgan fingerprint density at radius 2 is 1.97 bits per heavy atom. The first-order valence-corrected chi connectivity index (χ1v) is 8.89. The number of amides is 1. The Labute approximate surface area is 170 Å². The van der Waals surface area contributed by atoms with Crippen molar-refractivity contribution in [1.29, 1.82) is 0 Å². The fourth-order valence-electron chi connectivity index (χ4n) is 2.80. The predicted molar refractivity (Wildman–Crippen MR) is 108 cm³/mol. The maximum atomic E-state index is 11.9. The lowest BCUT2D eigenvalue weighted by Crippen LogP contribution is -2.25. The van der Waals surface area contributed by atoms with Crippen molar-refractivity contribution < 1.29 is 23.6 Å². The van der Waals surface area contributed by atoms with E-state index in [1.165, 1.54) is 12.3 Å². The molecule has 0 unspecified atom stereocenters. The Balaban J connectivity index is 1.32. The minimum atomic E-state index is -0.473. The molecule has 1 aromatic heterocycles. The lowest BCUT2D eigenvalue weighted by atomic mass is 10.1. The van der Waals surface area contributed by atoms with Crippen LogP contribution in [0.4, 0.5) is 11.4 Å². The summed E-state index contributed by atoms with van der Waals surface area (Å²) < 4.78 is 16.1. The van der Waals surface area contributed by atoms with E-state index in [-0.39, 0.29) is 24.9 Å². The SMILES string of the molecule is O=C(CNc1ccc2c(c1)OCO2)NN=Cc1ccc(-c2ccccc2[N+](=O)[O-])o1. The van der Waals surface area contributed by atoms with Crippen LogP contribution in [0.1, 0.15) is 5.76 Å². The van der Waals surface area contributed by atoms with Gasteiger partial charge in [0, 0.05) is 17.8 Å². The molecule has 2 N–H and O–H groups in total. The second kappa shape index (κ2) is 8.35. The standard InChI is InChI=1S/C20H16N4O6/c25-20(11-21-13-5-7-18-19(9-13)29-12-28-18)23-22-10-14-6-8-17(30-14)15-3-1-2-4-16(15)24(26)27/h1-10,21H,11-12H2,(H,23,25). The molecule has 152 valence electrons. The zero-order valence-electron chi connectivity index (χ0n) is 15.5. The summed E-state index contributed by atoms with van der Waals surface area (Å²) in [6, 6.07) is 14.8. The molecular formula is C20H16N4O6. The molecule has 1 amide bonds. The molecule has 30 heavy (non-hydrogen) atoms. The van der Waals surface area contributed by atoms with Crippen molar-refractivity contribution in [1.82, 2.24) is 5.43 Å². The normalized spacial score (nSPS) is 12.1. The Morgan fingerprint density at radius 3 is 2.83 bits per heavy atom. The minimum Gasteiger partial charge on any atom is -0.455 e. The van der Waals surface area contributed by atoms with E-state index in [9.17, 15) is 14.9 Å². The third kappa shape index (κ3) is 4.22. The molecule has 2 heterocycles. The van der Waals surface area contributed by atoms with Crippen LogP contribution in [0.2, 0.25) is 0 Å². The number of anilines is 1. The van der Waals surface area contributed by atoms with Gasteiger partial charge in [0.25, 0.3) is 11.6 Å². The largest absolute Gasteiger partial charge is 0.455 e. The molecule has 10 heteroatoms. The second-order valence-corrected chi connectivity index (χ2v) is 6.19. The lowest BCUT2D eigenvalue weighted by Gasteiger charge is -2.06. The van der Waals surface area contributed by atoms with Gasteiger partial charge in [-0.25, -0.2) is 5.43 Å².